The van der Waals surface area contributed by atoms with Gasteiger partial charge in [0, 0.05) is 19.5 Å². The SMILES string of the molecule is CC(C)CCN(C)C(=O)c1cc2ccccc2cc1NC(=O)C1CC1. The largest absolute Gasteiger partial charge is 0.342 e. The third kappa shape index (κ3) is 4.19. The third-order valence-electron chi connectivity index (χ3n) is 4.71. The molecule has 0 unspecified atom stereocenters. The summed E-state index contributed by atoms with van der Waals surface area (Å²) in [5.41, 5.74) is 1.19. The summed E-state index contributed by atoms with van der Waals surface area (Å²) in [5, 5.41) is 5.01. The maximum atomic E-state index is 13.0. The molecule has 1 N–H and O–H groups in total. The summed E-state index contributed by atoms with van der Waals surface area (Å²) in [6.45, 7) is 5.00. The van der Waals surface area contributed by atoms with Crippen molar-refractivity contribution in [3.05, 3.63) is 42.0 Å². The van der Waals surface area contributed by atoms with E-state index >= 15 is 0 Å². The number of amides is 2. The molecule has 0 aliphatic heterocycles. The minimum absolute atomic E-state index is 0.0224. The smallest absolute Gasteiger partial charge is 0.255 e. The van der Waals surface area contributed by atoms with Gasteiger partial charge in [-0.15, -0.1) is 0 Å². The monoisotopic (exact) mass is 338 g/mol. The van der Waals surface area contributed by atoms with Crippen LogP contribution in [0, 0.1) is 11.8 Å². The molecule has 0 saturated heterocycles. The van der Waals surface area contributed by atoms with Gasteiger partial charge in [0.15, 0.2) is 0 Å². The maximum Gasteiger partial charge on any atom is 0.255 e. The number of carbonyl (C=O) groups excluding carboxylic acids is 2. The first-order chi connectivity index (χ1) is 12.0. The molecule has 1 aliphatic carbocycles. The fraction of sp³-hybridized carbons (Fsp3) is 0.429. The molecule has 4 heteroatoms. The topological polar surface area (TPSA) is 49.4 Å². The number of hydrogen-bond acceptors (Lipinski definition) is 2. The number of rotatable bonds is 6. The lowest BCUT2D eigenvalue weighted by molar-refractivity contribution is -0.117. The Kier molecular flexibility index (Phi) is 5.07. The van der Waals surface area contributed by atoms with Gasteiger partial charge < -0.3 is 10.2 Å². The number of benzene rings is 2. The van der Waals surface area contributed by atoms with Gasteiger partial charge in [0.2, 0.25) is 5.91 Å². The fourth-order valence-corrected chi connectivity index (χ4v) is 2.86. The number of hydrogen-bond donors (Lipinski definition) is 1. The van der Waals surface area contributed by atoms with Gasteiger partial charge >= 0.3 is 0 Å². The van der Waals surface area contributed by atoms with Crippen LogP contribution < -0.4 is 5.32 Å². The van der Waals surface area contributed by atoms with Crippen LogP contribution in [0.4, 0.5) is 5.69 Å². The van der Waals surface area contributed by atoms with Crippen molar-refractivity contribution in [2.24, 2.45) is 11.8 Å². The minimum atomic E-state index is -0.0440. The van der Waals surface area contributed by atoms with Crippen molar-refractivity contribution in [2.45, 2.75) is 33.1 Å². The molecular formula is C21H26N2O2. The summed E-state index contributed by atoms with van der Waals surface area (Å²) < 4.78 is 0. The second-order valence-electron chi connectivity index (χ2n) is 7.42. The number of nitrogens with one attached hydrogen (secondary N) is 1. The van der Waals surface area contributed by atoms with Crippen LogP contribution in [0.25, 0.3) is 10.8 Å². The predicted octanol–water partition coefficient (Wildman–Crippen LogP) is 4.31. The molecule has 0 radical (unpaired) electrons. The highest BCUT2D eigenvalue weighted by atomic mass is 16.2. The Morgan fingerprint density at radius 1 is 1.16 bits per heavy atom. The Labute approximate surface area is 149 Å². The molecule has 0 bridgehead atoms. The molecule has 0 heterocycles. The highest BCUT2D eigenvalue weighted by Crippen LogP contribution is 2.32. The van der Waals surface area contributed by atoms with E-state index in [9.17, 15) is 9.59 Å². The van der Waals surface area contributed by atoms with E-state index in [1.807, 2.05) is 43.4 Å². The second-order valence-corrected chi connectivity index (χ2v) is 7.42. The Hall–Kier alpha value is -2.36. The van der Waals surface area contributed by atoms with E-state index in [0.717, 1.165) is 30.0 Å². The van der Waals surface area contributed by atoms with Gasteiger partial charge in [0.05, 0.1) is 11.3 Å². The summed E-state index contributed by atoms with van der Waals surface area (Å²) in [6.07, 6.45) is 2.84. The van der Waals surface area contributed by atoms with Gasteiger partial charge in [-0.2, -0.15) is 0 Å². The van der Waals surface area contributed by atoms with E-state index in [1.54, 1.807) is 4.90 Å². The van der Waals surface area contributed by atoms with Crippen molar-refractivity contribution in [2.75, 3.05) is 18.9 Å². The summed E-state index contributed by atoms with van der Waals surface area (Å²) in [4.78, 5) is 26.9. The zero-order valence-corrected chi connectivity index (χ0v) is 15.2. The molecule has 0 spiro atoms. The quantitative estimate of drug-likeness (QED) is 0.853. The molecule has 0 atom stereocenters. The average Bonchev–Trinajstić information content (AvgIpc) is 3.43. The highest BCUT2D eigenvalue weighted by Gasteiger charge is 2.30. The minimum Gasteiger partial charge on any atom is -0.342 e. The lowest BCUT2D eigenvalue weighted by atomic mass is 10.0. The Morgan fingerprint density at radius 2 is 1.80 bits per heavy atom. The highest BCUT2D eigenvalue weighted by molar-refractivity contribution is 6.08. The predicted molar refractivity (Wildman–Crippen MR) is 102 cm³/mol. The lowest BCUT2D eigenvalue weighted by Crippen LogP contribution is -2.29. The van der Waals surface area contributed by atoms with Gasteiger partial charge in [-0.3, -0.25) is 9.59 Å². The molecule has 1 saturated carbocycles. The normalized spacial score (nSPS) is 13.9. The molecule has 3 rings (SSSR count). The first kappa shape index (κ1) is 17.5. The summed E-state index contributed by atoms with van der Waals surface area (Å²) in [7, 11) is 1.83. The molecule has 1 aliphatic rings. The molecule has 1 fully saturated rings. The molecular weight excluding hydrogens is 312 g/mol. The lowest BCUT2D eigenvalue weighted by Gasteiger charge is -2.21. The van der Waals surface area contributed by atoms with E-state index in [2.05, 4.69) is 19.2 Å². The number of nitrogens with zero attached hydrogens (tertiary/aromatic N) is 1. The molecule has 2 aromatic rings. The van der Waals surface area contributed by atoms with Gasteiger partial charge in [0.1, 0.15) is 0 Å². The molecule has 25 heavy (non-hydrogen) atoms. The number of anilines is 1. The Balaban J connectivity index is 1.92. The summed E-state index contributed by atoms with van der Waals surface area (Å²) in [5.74, 6) is 0.626. The van der Waals surface area contributed by atoms with E-state index < -0.39 is 0 Å². The first-order valence-corrected chi connectivity index (χ1v) is 9.05. The second kappa shape index (κ2) is 7.26. The van der Waals surface area contributed by atoms with Gasteiger partial charge in [-0.05, 0) is 48.1 Å². The Bertz CT molecular complexity index is 794. The van der Waals surface area contributed by atoms with Crippen LogP contribution in [0.5, 0.6) is 0 Å². The number of fused-ring (bicyclic) bond motifs is 1. The van der Waals surface area contributed by atoms with Crippen LogP contribution in [0.2, 0.25) is 0 Å². The average molecular weight is 338 g/mol. The molecule has 0 aromatic heterocycles. The molecule has 4 nitrogen and oxygen atoms in total. The van der Waals surface area contributed by atoms with Crippen molar-refractivity contribution in [3.8, 4) is 0 Å². The Morgan fingerprint density at radius 3 is 2.40 bits per heavy atom. The van der Waals surface area contributed by atoms with Crippen molar-refractivity contribution < 1.29 is 9.59 Å². The fourth-order valence-electron chi connectivity index (χ4n) is 2.86. The van der Waals surface area contributed by atoms with E-state index in [4.69, 9.17) is 0 Å². The van der Waals surface area contributed by atoms with Crippen molar-refractivity contribution in [1.29, 1.82) is 0 Å². The third-order valence-corrected chi connectivity index (χ3v) is 4.71. The van der Waals surface area contributed by atoms with Gasteiger partial charge in [-0.1, -0.05) is 38.1 Å². The zero-order chi connectivity index (χ0) is 18.0. The van der Waals surface area contributed by atoms with Crippen LogP contribution in [0.15, 0.2) is 36.4 Å². The van der Waals surface area contributed by atoms with E-state index in [0.29, 0.717) is 23.7 Å². The molecule has 2 amide bonds. The molecule has 2 aromatic carbocycles. The zero-order valence-electron chi connectivity index (χ0n) is 15.2. The van der Waals surface area contributed by atoms with Crippen molar-refractivity contribution >= 4 is 28.3 Å². The molecule has 132 valence electrons. The summed E-state index contributed by atoms with van der Waals surface area (Å²) >= 11 is 0. The van der Waals surface area contributed by atoms with Crippen LogP contribution in [-0.4, -0.2) is 30.3 Å². The van der Waals surface area contributed by atoms with Crippen LogP contribution >= 0.6 is 0 Å². The van der Waals surface area contributed by atoms with Crippen molar-refractivity contribution in [1.82, 2.24) is 4.90 Å². The summed E-state index contributed by atoms with van der Waals surface area (Å²) in [6, 6.07) is 11.7. The van der Waals surface area contributed by atoms with Gasteiger partial charge in [-0.25, -0.2) is 0 Å². The van der Waals surface area contributed by atoms with E-state index in [1.165, 1.54) is 0 Å². The van der Waals surface area contributed by atoms with E-state index in [-0.39, 0.29) is 17.7 Å². The van der Waals surface area contributed by atoms with Crippen LogP contribution in [0.1, 0.15) is 43.5 Å². The van der Waals surface area contributed by atoms with Gasteiger partial charge in [0.25, 0.3) is 5.91 Å². The van der Waals surface area contributed by atoms with Crippen LogP contribution in [-0.2, 0) is 4.79 Å². The first-order valence-electron chi connectivity index (χ1n) is 9.05. The maximum absolute atomic E-state index is 13.0. The van der Waals surface area contributed by atoms with Crippen molar-refractivity contribution in [3.63, 3.8) is 0 Å². The van der Waals surface area contributed by atoms with Crippen LogP contribution in [0.3, 0.4) is 0 Å². The standard InChI is InChI=1S/C21H26N2O2/c1-14(2)10-11-23(3)21(25)18-12-16-6-4-5-7-17(16)13-19(18)22-20(24)15-8-9-15/h4-7,12-15H,8-11H2,1-3H3,(H,22,24). The number of carbonyl (C=O) groups is 2.